The fourth-order valence-electron chi connectivity index (χ4n) is 1.24. The molecule has 0 aliphatic carbocycles. The predicted octanol–water partition coefficient (Wildman–Crippen LogP) is 3.64. The molecule has 1 atom stereocenters. The van der Waals surface area contributed by atoms with Crippen LogP contribution in [0.2, 0.25) is 0 Å². The van der Waals surface area contributed by atoms with Gasteiger partial charge in [0.25, 0.3) is 0 Å². The second-order valence-corrected chi connectivity index (χ2v) is 5.22. The quantitative estimate of drug-likeness (QED) is 0.833. The third kappa shape index (κ3) is 4.64. The summed E-state index contributed by atoms with van der Waals surface area (Å²) < 4.78 is 7.47. The SMILES string of the molecule is CCCOCC(N)c1cc(Br)cc(Br)c1. The van der Waals surface area contributed by atoms with Gasteiger partial charge in [-0.05, 0) is 30.2 Å². The number of benzene rings is 1. The van der Waals surface area contributed by atoms with E-state index in [-0.39, 0.29) is 6.04 Å². The first-order chi connectivity index (χ1) is 7.13. The van der Waals surface area contributed by atoms with E-state index in [1.807, 2.05) is 18.2 Å². The van der Waals surface area contributed by atoms with Crippen LogP contribution in [0.15, 0.2) is 27.1 Å². The van der Waals surface area contributed by atoms with Crippen LogP contribution in [0.5, 0.6) is 0 Å². The zero-order valence-corrected chi connectivity index (χ0v) is 11.8. The highest BCUT2D eigenvalue weighted by Crippen LogP contribution is 2.23. The second-order valence-electron chi connectivity index (χ2n) is 3.38. The van der Waals surface area contributed by atoms with Gasteiger partial charge in [-0.3, -0.25) is 0 Å². The van der Waals surface area contributed by atoms with E-state index >= 15 is 0 Å². The standard InChI is InChI=1S/C11H15Br2NO/c1-2-3-15-7-11(14)8-4-9(12)6-10(13)5-8/h4-6,11H,2-3,7,14H2,1H3. The first-order valence-electron chi connectivity index (χ1n) is 4.92. The van der Waals surface area contributed by atoms with E-state index in [1.54, 1.807) is 0 Å². The van der Waals surface area contributed by atoms with Gasteiger partial charge in [-0.25, -0.2) is 0 Å². The Morgan fingerprint density at radius 2 is 1.87 bits per heavy atom. The molecule has 0 radical (unpaired) electrons. The maximum Gasteiger partial charge on any atom is 0.0659 e. The van der Waals surface area contributed by atoms with Gasteiger partial charge in [-0.1, -0.05) is 38.8 Å². The maximum atomic E-state index is 6.01. The van der Waals surface area contributed by atoms with E-state index in [9.17, 15) is 0 Å². The molecule has 4 heteroatoms. The van der Waals surface area contributed by atoms with Crippen molar-refractivity contribution in [2.24, 2.45) is 5.73 Å². The summed E-state index contributed by atoms with van der Waals surface area (Å²) in [5.41, 5.74) is 7.08. The Balaban J connectivity index is 2.60. The average Bonchev–Trinajstić information content (AvgIpc) is 2.16. The smallest absolute Gasteiger partial charge is 0.0659 e. The number of hydrogen-bond donors (Lipinski definition) is 1. The molecule has 0 aliphatic rings. The molecule has 2 N–H and O–H groups in total. The molecule has 1 aromatic rings. The van der Waals surface area contributed by atoms with Crippen molar-refractivity contribution in [3.8, 4) is 0 Å². The van der Waals surface area contributed by atoms with Crippen LogP contribution in [0.1, 0.15) is 24.9 Å². The third-order valence-electron chi connectivity index (χ3n) is 1.96. The molecule has 15 heavy (non-hydrogen) atoms. The van der Waals surface area contributed by atoms with Gasteiger partial charge in [-0.15, -0.1) is 0 Å². The molecule has 0 aliphatic heterocycles. The van der Waals surface area contributed by atoms with Crippen LogP contribution in [0.25, 0.3) is 0 Å². The van der Waals surface area contributed by atoms with Crippen LogP contribution in [-0.2, 0) is 4.74 Å². The van der Waals surface area contributed by atoms with Gasteiger partial charge in [0.15, 0.2) is 0 Å². The fourth-order valence-corrected chi connectivity index (χ4v) is 2.57. The van der Waals surface area contributed by atoms with Gasteiger partial charge in [0.1, 0.15) is 0 Å². The minimum atomic E-state index is -0.0645. The molecule has 0 amide bonds. The summed E-state index contributed by atoms with van der Waals surface area (Å²) in [5, 5.41) is 0. The lowest BCUT2D eigenvalue weighted by Gasteiger charge is -2.13. The van der Waals surface area contributed by atoms with Gasteiger partial charge < -0.3 is 10.5 Å². The lowest BCUT2D eigenvalue weighted by Crippen LogP contribution is -2.17. The van der Waals surface area contributed by atoms with Crippen molar-refractivity contribution >= 4 is 31.9 Å². The lowest BCUT2D eigenvalue weighted by molar-refractivity contribution is 0.121. The highest BCUT2D eigenvalue weighted by molar-refractivity contribution is 9.11. The first-order valence-corrected chi connectivity index (χ1v) is 6.51. The largest absolute Gasteiger partial charge is 0.379 e. The van der Waals surface area contributed by atoms with Crippen molar-refractivity contribution in [1.29, 1.82) is 0 Å². The summed E-state index contributed by atoms with van der Waals surface area (Å²) in [7, 11) is 0. The van der Waals surface area contributed by atoms with Gasteiger partial charge in [0, 0.05) is 15.6 Å². The van der Waals surface area contributed by atoms with Crippen LogP contribution in [0, 0.1) is 0 Å². The summed E-state index contributed by atoms with van der Waals surface area (Å²) in [6.45, 7) is 3.42. The van der Waals surface area contributed by atoms with Crippen molar-refractivity contribution in [1.82, 2.24) is 0 Å². The van der Waals surface area contributed by atoms with Crippen LogP contribution < -0.4 is 5.73 Å². The number of rotatable bonds is 5. The van der Waals surface area contributed by atoms with E-state index in [4.69, 9.17) is 10.5 Å². The van der Waals surface area contributed by atoms with E-state index < -0.39 is 0 Å². The molecule has 84 valence electrons. The zero-order valence-electron chi connectivity index (χ0n) is 8.67. The molecule has 0 bridgehead atoms. The number of hydrogen-bond acceptors (Lipinski definition) is 2. The Morgan fingerprint density at radius 3 is 2.40 bits per heavy atom. The normalized spacial score (nSPS) is 12.8. The van der Waals surface area contributed by atoms with E-state index in [1.165, 1.54) is 0 Å². The van der Waals surface area contributed by atoms with Crippen molar-refractivity contribution in [2.75, 3.05) is 13.2 Å². The summed E-state index contributed by atoms with van der Waals surface area (Å²) >= 11 is 6.87. The Hall–Kier alpha value is 0.1000. The molecule has 2 nitrogen and oxygen atoms in total. The highest BCUT2D eigenvalue weighted by atomic mass is 79.9. The van der Waals surface area contributed by atoms with Gasteiger partial charge in [0.2, 0.25) is 0 Å². The number of ether oxygens (including phenoxy) is 1. The van der Waals surface area contributed by atoms with Crippen molar-refractivity contribution in [3.05, 3.63) is 32.7 Å². The second kappa shape index (κ2) is 6.63. The Labute approximate surface area is 107 Å². The van der Waals surface area contributed by atoms with Gasteiger partial charge in [-0.2, -0.15) is 0 Å². The molecule has 0 saturated carbocycles. The van der Waals surface area contributed by atoms with Gasteiger partial charge in [0.05, 0.1) is 12.6 Å². The third-order valence-corrected chi connectivity index (χ3v) is 2.87. The van der Waals surface area contributed by atoms with Crippen LogP contribution in [-0.4, -0.2) is 13.2 Å². The highest BCUT2D eigenvalue weighted by Gasteiger charge is 2.07. The van der Waals surface area contributed by atoms with Crippen molar-refractivity contribution < 1.29 is 4.74 Å². The van der Waals surface area contributed by atoms with Crippen molar-refractivity contribution in [3.63, 3.8) is 0 Å². The van der Waals surface area contributed by atoms with Gasteiger partial charge >= 0.3 is 0 Å². The number of nitrogens with two attached hydrogens (primary N) is 1. The van der Waals surface area contributed by atoms with E-state index in [0.29, 0.717) is 6.61 Å². The number of halogens is 2. The molecule has 0 heterocycles. The predicted molar refractivity (Wildman–Crippen MR) is 69.9 cm³/mol. The summed E-state index contributed by atoms with van der Waals surface area (Å²) in [6, 6.07) is 5.96. The molecule has 1 rings (SSSR count). The van der Waals surface area contributed by atoms with E-state index in [0.717, 1.165) is 27.5 Å². The Bertz CT molecular complexity index is 297. The molecule has 1 aromatic carbocycles. The Kier molecular flexibility index (Phi) is 5.82. The minimum absolute atomic E-state index is 0.0645. The molecule has 0 saturated heterocycles. The maximum absolute atomic E-state index is 6.01. The topological polar surface area (TPSA) is 35.2 Å². The first kappa shape index (κ1) is 13.2. The summed E-state index contributed by atoms with van der Waals surface area (Å²) in [6.07, 6.45) is 1.02. The molecular weight excluding hydrogens is 322 g/mol. The molecule has 0 fully saturated rings. The zero-order chi connectivity index (χ0) is 11.3. The Morgan fingerprint density at radius 1 is 1.27 bits per heavy atom. The van der Waals surface area contributed by atoms with Crippen LogP contribution in [0.3, 0.4) is 0 Å². The average molecular weight is 337 g/mol. The van der Waals surface area contributed by atoms with E-state index in [2.05, 4.69) is 38.8 Å². The monoisotopic (exact) mass is 335 g/mol. The minimum Gasteiger partial charge on any atom is -0.379 e. The summed E-state index contributed by atoms with van der Waals surface area (Å²) in [4.78, 5) is 0. The lowest BCUT2D eigenvalue weighted by atomic mass is 10.1. The summed E-state index contributed by atoms with van der Waals surface area (Å²) in [5.74, 6) is 0. The fraction of sp³-hybridized carbons (Fsp3) is 0.455. The van der Waals surface area contributed by atoms with Crippen LogP contribution >= 0.6 is 31.9 Å². The molecule has 0 spiro atoms. The molecule has 1 unspecified atom stereocenters. The van der Waals surface area contributed by atoms with Crippen LogP contribution in [0.4, 0.5) is 0 Å². The van der Waals surface area contributed by atoms with Crippen molar-refractivity contribution in [2.45, 2.75) is 19.4 Å². The molecular formula is C11H15Br2NO. The molecule has 0 aromatic heterocycles.